The number of aliphatic hydroxyl groups is 1. The van der Waals surface area contributed by atoms with Crippen LogP contribution in [-0.4, -0.2) is 66.5 Å². The van der Waals surface area contributed by atoms with Crippen LogP contribution in [0.1, 0.15) is 213 Å². The van der Waals surface area contributed by atoms with Gasteiger partial charge in [-0.1, -0.05) is 168 Å². The molecule has 2 N–H and O–H groups in total. The summed E-state index contributed by atoms with van der Waals surface area (Å²) in [5.41, 5.74) is 0. The van der Waals surface area contributed by atoms with Crippen LogP contribution in [-0.2, 0) is 42.2 Å². The van der Waals surface area contributed by atoms with Crippen LogP contribution in [0.3, 0.4) is 0 Å². The summed E-state index contributed by atoms with van der Waals surface area (Å²) in [5.74, 6) is -1.47. The molecule has 0 aliphatic rings. The minimum Gasteiger partial charge on any atom is -0.462 e. The Morgan fingerprint density at radius 2 is 0.839 bits per heavy atom. The average Bonchev–Trinajstić information content (AvgIpc) is 3.18. The van der Waals surface area contributed by atoms with Gasteiger partial charge in [0, 0.05) is 19.3 Å². The Balaban J connectivity index is 4.74. The highest BCUT2D eigenvalue weighted by atomic mass is 31.2. The third kappa shape index (κ3) is 37.8. The lowest BCUT2D eigenvalue weighted by Crippen LogP contribution is -2.30. The highest BCUT2D eigenvalue weighted by molar-refractivity contribution is 7.47. The number of hydrogen-bond acceptors (Lipinski definition) is 10. The van der Waals surface area contributed by atoms with Gasteiger partial charge >= 0.3 is 25.7 Å². The van der Waals surface area contributed by atoms with Crippen LogP contribution in [0.5, 0.6) is 0 Å². The van der Waals surface area contributed by atoms with Crippen molar-refractivity contribution in [2.75, 3.05) is 26.4 Å². The number of aliphatic hydroxyl groups excluding tert-OH is 1. The van der Waals surface area contributed by atoms with Crippen molar-refractivity contribution in [3.05, 3.63) is 12.2 Å². The van der Waals surface area contributed by atoms with E-state index < -0.39 is 57.8 Å². The number of hydrogen-bond donors (Lipinski definition) is 2. The Kier molecular flexibility index (Phi) is 38.7. The summed E-state index contributed by atoms with van der Waals surface area (Å²) in [7, 11) is -4.72. The number of carbonyl (C=O) groups excluding carboxylic acids is 3. The first-order valence-electron chi connectivity index (χ1n) is 22.6. The van der Waals surface area contributed by atoms with Gasteiger partial charge in [0.15, 0.2) is 6.10 Å². The fourth-order valence-corrected chi connectivity index (χ4v) is 6.94. The Morgan fingerprint density at radius 3 is 1.29 bits per heavy atom. The van der Waals surface area contributed by atoms with E-state index >= 15 is 0 Å². The van der Waals surface area contributed by atoms with Gasteiger partial charge in [-0.25, -0.2) is 4.57 Å². The second kappa shape index (κ2) is 40.0. The molecule has 0 spiro atoms. The third-order valence-corrected chi connectivity index (χ3v) is 10.6. The third-order valence-electron chi connectivity index (χ3n) is 9.69. The van der Waals surface area contributed by atoms with Crippen LogP contribution >= 0.6 is 7.82 Å². The number of phosphoric acid groups is 1. The van der Waals surface area contributed by atoms with Crippen LogP contribution < -0.4 is 0 Å². The fourth-order valence-electron chi connectivity index (χ4n) is 6.16. The zero-order valence-electron chi connectivity index (χ0n) is 35.9. The maximum absolute atomic E-state index is 12.7. The minimum absolute atomic E-state index is 0.171. The molecule has 56 heavy (non-hydrogen) atoms. The Hall–Kier alpha value is -1.78. The van der Waals surface area contributed by atoms with Crippen LogP contribution in [0.2, 0.25) is 0 Å². The molecule has 0 saturated heterocycles. The smallest absolute Gasteiger partial charge is 0.462 e. The molecule has 12 heteroatoms. The van der Waals surface area contributed by atoms with E-state index in [0.29, 0.717) is 19.3 Å². The van der Waals surface area contributed by atoms with Crippen LogP contribution in [0.15, 0.2) is 12.2 Å². The molecular weight excluding hydrogens is 735 g/mol. The molecular formula is C44H83O11P. The lowest BCUT2D eigenvalue weighted by atomic mass is 10.1. The molecule has 0 aromatic carbocycles. The maximum atomic E-state index is 12.7. The first-order valence-corrected chi connectivity index (χ1v) is 24.1. The minimum atomic E-state index is -4.72. The average molecular weight is 819 g/mol. The van der Waals surface area contributed by atoms with Gasteiger partial charge in [0.25, 0.3) is 0 Å². The van der Waals surface area contributed by atoms with Crippen molar-refractivity contribution >= 4 is 25.7 Å². The Labute approximate surface area is 341 Å². The van der Waals surface area contributed by atoms with Gasteiger partial charge < -0.3 is 24.2 Å². The predicted molar refractivity (Wildman–Crippen MR) is 224 cm³/mol. The molecule has 330 valence electrons. The normalized spacial score (nSPS) is 13.7. The summed E-state index contributed by atoms with van der Waals surface area (Å²) in [6, 6.07) is 0. The summed E-state index contributed by atoms with van der Waals surface area (Å²) in [6.07, 6.45) is 32.1. The molecule has 3 atom stereocenters. The summed E-state index contributed by atoms with van der Waals surface area (Å²) in [5, 5.41) is 9.68. The Bertz CT molecular complexity index is 1010. The van der Waals surface area contributed by atoms with Crippen LogP contribution in [0.4, 0.5) is 0 Å². The molecule has 0 radical (unpaired) electrons. The topological polar surface area (TPSA) is 155 Å². The lowest BCUT2D eigenvalue weighted by molar-refractivity contribution is -0.161. The highest BCUT2D eigenvalue weighted by Gasteiger charge is 2.28. The number of rotatable bonds is 42. The van der Waals surface area contributed by atoms with Gasteiger partial charge in [0.05, 0.1) is 19.8 Å². The van der Waals surface area contributed by atoms with Crippen molar-refractivity contribution in [1.82, 2.24) is 0 Å². The molecule has 0 fully saturated rings. The first kappa shape index (κ1) is 54.2. The summed E-state index contributed by atoms with van der Waals surface area (Å²) in [4.78, 5) is 47.8. The van der Waals surface area contributed by atoms with Gasteiger partial charge in [0.2, 0.25) is 0 Å². The maximum Gasteiger partial charge on any atom is 0.472 e. The van der Waals surface area contributed by atoms with Crippen molar-refractivity contribution in [2.24, 2.45) is 0 Å². The van der Waals surface area contributed by atoms with Gasteiger partial charge in [-0.2, -0.15) is 0 Å². The quantitative estimate of drug-likeness (QED) is 0.0199. The van der Waals surface area contributed by atoms with Gasteiger partial charge in [-0.15, -0.1) is 0 Å². The Morgan fingerprint density at radius 1 is 0.482 bits per heavy atom. The van der Waals surface area contributed by atoms with E-state index in [9.17, 15) is 28.9 Å². The largest absolute Gasteiger partial charge is 0.472 e. The highest BCUT2D eigenvalue weighted by Crippen LogP contribution is 2.43. The van der Waals surface area contributed by atoms with E-state index in [1.807, 2.05) is 0 Å². The van der Waals surface area contributed by atoms with E-state index in [2.05, 4.69) is 32.9 Å². The lowest BCUT2D eigenvalue weighted by Gasteiger charge is -2.21. The van der Waals surface area contributed by atoms with Gasteiger partial charge in [-0.05, 0) is 38.5 Å². The van der Waals surface area contributed by atoms with Crippen molar-refractivity contribution in [1.29, 1.82) is 0 Å². The van der Waals surface area contributed by atoms with E-state index in [4.69, 9.17) is 23.3 Å². The number of esters is 3. The van der Waals surface area contributed by atoms with Crippen molar-refractivity contribution in [2.45, 2.75) is 226 Å². The zero-order valence-corrected chi connectivity index (χ0v) is 36.8. The van der Waals surface area contributed by atoms with Crippen LogP contribution in [0, 0.1) is 0 Å². The fraction of sp³-hybridized carbons (Fsp3) is 0.886. The summed E-state index contributed by atoms with van der Waals surface area (Å²) < 4.78 is 39.0. The molecule has 0 amide bonds. The molecule has 0 aliphatic carbocycles. The standard InChI is InChI=1S/C44H83O11P/c1-4-7-10-13-16-19-20-23-24-27-30-33-42(46)51-37-41(55-44(48)35-32-29-26-22-18-15-12-9-6-3)39-53-56(49,50)52-38-40(36-45)54-43(47)34-31-28-25-21-17-14-11-8-5-2/h13,16,40-41,45H,4-12,14-15,17-39H2,1-3H3,(H,49,50)/b16-13-. The second-order valence-corrected chi connectivity index (χ2v) is 16.7. The van der Waals surface area contributed by atoms with Gasteiger partial charge in [0.1, 0.15) is 12.7 Å². The van der Waals surface area contributed by atoms with Gasteiger partial charge in [-0.3, -0.25) is 23.4 Å². The molecule has 0 heterocycles. The van der Waals surface area contributed by atoms with Crippen molar-refractivity contribution < 1.29 is 52.2 Å². The number of allylic oxidation sites excluding steroid dienone is 2. The monoisotopic (exact) mass is 819 g/mol. The van der Waals surface area contributed by atoms with E-state index in [1.165, 1.54) is 77.0 Å². The predicted octanol–water partition coefficient (Wildman–Crippen LogP) is 11.8. The summed E-state index contributed by atoms with van der Waals surface area (Å²) >= 11 is 0. The number of ether oxygens (including phenoxy) is 3. The van der Waals surface area contributed by atoms with Crippen molar-refractivity contribution in [3.63, 3.8) is 0 Å². The van der Waals surface area contributed by atoms with E-state index in [-0.39, 0.29) is 25.9 Å². The SMILES string of the molecule is CCCC/C=C\CCCCCCCC(=O)OCC(COP(=O)(O)OCC(CO)OC(=O)CCCCCCCCCCC)OC(=O)CCCCCCCCCCC. The summed E-state index contributed by atoms with van der Waals surface area (Å²) in [6.45, 7) is 4.53. The molecule has 0 aromatic rings. The zero-order chi connectivity index (χ0) is 41.4. The second-order valence-electron chi connectivity index (χ2n) is 15.2. The molecule has 0 saturated carbocycles. The number of phosphoric ester groups is 1. The molecule has 11 nitrogen and oxygen atoms in total. The molecule has 0 aromatic heterocycles. The van der Waals surface area contributed by atoms with E-state index in [0.717, 1.165) is 77.0 Å². The number of unbranched alkanes of at least 4 members (excludes halogenated alkanes) is 23. The molecule has 3 unspecified atom stereocenters. The first-order chi connectivity index (χ1) is 27.2. The molecule has 0 aliphatic heterocycles. The molecule has 0 rings (SSSR count). The van der Waals surface area contributed by atoms with Crippen LogP contribution in [0.25, 0.3) is 0 Å². The van der Waals surface area contributed by atoms with E-state index in [1.54, 1.807) is 0 Å². The van der Waals surface area contributed by atoms with Crippen molar-refractivity contribution in [3.8, 4) is 0 Å². The number of carbonyl (C=O) groups is 3. The molecule has 0 bridgehead atoms.